The van der Waals surface area contributed by atoms with E-state index in [0.717, 1.165) is 45.1 Å². The Morgan fingerprint density at radius 1 is 1.07 bits per heavy atom. The Kier molecular flexibility index (Phi) is 9.01. The molecule has 208 valence electrons. The zero-order valence-electron chi connectivity index (χ0n) is 22.4. The summed E-state index contributed by atoms with van der Waals surface area (Å²) in [7, 11) is 1.61. The van der Waals surface area contributed by atoms with Gasteiger partial charge in [0.2, 0.25) is 5.91 Å². The van der Waals surface area contributed by atoms with Crippen LogP contribution in [0.4, 0.5) is 10.5 Å². The van der Waals surface area contributed by atoms with Crippen LogP contribution in [0, 0.1) is 13.8 Å². The van der Waals surface area contributed by atoms with Crippen LogP contribution >= 0.6 is 23.4 Å². The molecular formula is C29H28ClN3O6S. The molecule has 0 spiro atoms. The summed E-state index contributed by atoms with van der Waals surface area (Å²) in [5, 5.41) is 2.24. The van der Waals surface area contributed by atoms with Gasteiger partial charge in [-0.1, -0.05) is 18.5 Å². The highest BCUT2D eigenvalue weighted by Gasteiger charge is 2.36. The van der Waals surface area contributed by atoms with Gasteiger partial charge in [-0.25, -0.2) is 4.79 Å². The number of aryl methyl sites for hydroxylation is 1. The van der Waals surface area contributed by atoms with Gasteiger partial charge in [0.25, 0.3) is 11.1 Å². The normalized spacial score (nSPS) is 14.1. The molecule has 3 amide bonds. The lowest BCUT2D eigenvalue weighted by Gasteiger charge is -2.13. The van der Waals surface area contributed by atoms with Crippen molar-refractivity contribution in [3.8, 4) is 11.4 Å². The predicted molar refractivity (Wildman–Crippen MR) is 155 cm³/mol. The molecular weight excluding hydrogens is 554 g/mol. The van der Waals surface area contributed by atoms with Crippen molar-refractivity contribution in [2.75, 3.05) is 25.6 Å². The number of thioether (sulfide) groups is 1. The summed E-state index contributed by atoms with van der Waals surface area (Å²) < 4.78 is 12.4. The standard InChI is InChI=1S/C29H28ClN3O6S/c1-5-12-39-28(36)23-15-20(6-11-24(23)30)31-26(34)16-32-27(35)25(40-29(32)37)14-19-13-17(2)33(18(19)3)21-7-9-22(38-4)10-8-21/h6-11,13-15H,5,12,16H2,1-4H3,(H,31,34)/b25-14-. The zero-order chi connectivity index (χ0) is 29.0. The SMILES string of the molecule is CCCOC(=O)c1cc(NC(=O)CN2C(=O)S/C(=C\c3cc(C)n(-c4ccc(OC)cc4)c3C)C2=O)ccc1Cl. The molecule has 1 aliphatic rings. The van der Waals surface area contributed by atoms with Gasteiger partial charge in [0.1, 0.15) is 12.3 Å². The Bertz CT molecular complexity index is 1510. The number of amides is 3. The number of hydrogen-bond donors (Lipinski definition) is 1. The average Bonchev–Trinajstić information content (AvgIpc) is 3.36. The second-order valence-electron chi connectivity index (χ2n) is 9.01. The number of carbonyl (C=O) groups excluding carboxylic acids is 4. The summed E-state index contributed by atoms with van der Waals surface area (Å²) in [6, 6.07) is 13.9. The van der Waals surface area contributed by atoms with Gasteiger partial charge in [-0.15, -0.1) is 0 Å². The molecule has 11 heteroatoms. The Balaban J connectivity index is 1.47. The van der Waals surface area contributed by atoms with Crippen molar-refractivity contribution in [3.63, 3.8) is 0 Å². The number of methoxy groups -OCH3 is 1. The van der Waals surface area contributed by atoms with Gasteiger partial charge in [-0.3, -0.25) is 19.3 Å². The molecule has 0 radical (unpaired) electrons. The topological polar surface area (TPSA) is 107 Å². The van der Waals surface area contributed by atoms with Gasteiger partial charge >= 0.3 is 5.97 Å². The summed E-state index contributed by atoms with van der Waals surface area (Å²) in [5.74, 6) is -1.02. The maximum atomic E-state index is 13.1. The average molecular weight is 582 g/mol. The first-order valence-electron chi connectivity index (χ1n) is 12.5. The number of ether oxygens (including phenoxy) is 2. The van der Waals surface area contributed by atoms with Crippen molar-refractivity contribution in [1.82, 2.24) is 9.47 Å². The summed E-state index contributed by atoms with van der Waals surface area (Å²) in [4.78, 5) is 51.8. The second kappa shape index (κ2) is 12.4. The van der Waals surface area contributed by atoms with Crippen LogP contribution in [0.2, 0.25) is 5.02 Å². The molecule has 1 saturated heterocycles. The number of aromatic nitrogens is 1. The number of halogens is 1. The fourth-order valence-corrected chi connectivity index (χ4v) is 5.24. The summed E-state index contributed by atoms with van der Waals surface area (Å²) in [5.41, 5.74) is 3.95. The van der Waals surface area contributed by atoms with Crippen molar-refractivity contribution in [2.45, 2.75) is 27.2 Å². The largest absolute Gasteiger partial charge is 0.497 e. The monoisotopic (exact) mass is 581 g/mol. The summed E-state index contributed by atoms with van der Waals surface area (Å²) >= 11 is 6.89. The van der Waals surface area contributed by atoms with Crippen molar-refractivity contribution in [2.24, 2.45) is 0 Å². The first kappa shape index (κ1) is 29.0. The molecule has 2 aromatic carbocycles. The number of imide groups is 1. The van der Waals surface area contributed by atoms with Crippen LogP contribution in [0.5, 0.6) is 5.75 Å². The lowest BCUT2D eigenvalue weighted by atomic mass is 10.2. The number of rotatable bonds is 9. The predicted octanol–water partition coefficient (Wildman–Crippen LogP) is 6.00. The van der Waals surface area contributed by atoms with Crippen LogP contribution < -0.4 is 10.1 Å². The maximum absolute atomic E-state index is 13.1. The molecule has 1 N–H and O–H groups in total. The van der Waals surface area contributed by atoms with E-state index < -0.39 is 29.6 Å². The van der Waals surface area contributed by atoms with Gasteiger partial charge in [0.05, 0.1) is 29.2 Å². The fourth-order valence-electron chi connectivity index (χ4n) is 4.22. The van der Waals surface area contributed by atoms with Crippen LogP contribution in [-0.2, 0) is 14.3 Å². The van der Waals surface area contributed by atoms with Gasteiger partial charge in [0.15, 0.2) is 0 Å². The molecule has 1 aliphatic heterocycles. The van der Waals surface area contributed by atoms with E-state index in [0.29, 0.717) is 6.42 Å². The molecule has 0 aliphatic carbocycles. The second-order valence-corrected chi connectivity index (χ2v) is 10.4. The van der Waals surface area contributed by atoms with Gasteiger partial charge in [0, 0.05) is 22.8 Å². The quantitative estimate of drug-likeness (QED) is 0.244. The van der Waals surface area contributed by atoms with Crippen LogP contribution in [0.3, 0.4) is 0 Å². The Hall–Kier alpha value is -4.02. The Morgan fingerprint density at radius 2 is 1.80 bits per heavy atom. The smallest absolute Gasteiger partial charge is 0.339 e. The van der Waals surface area contributed by atoms with E-state index in [1.54, 1.807) is 13.2 Å². The van der Waals surface area contributed by atoms with Crippen molar-refractivity contribution < 1.29 is 28.7 Å². The molecule has 2 heterocycles. The number of carbonyl (C=O) groups is 4. The zero-order valence-corrected chi connectivity index (χ0v) is 24.0. The van der Waals surface area contributed by atoms with E-state index in [-0.39, 0.29) is 27.8 Å². The van der Waals surface area contributed by atoms with Crippen LogP contribution in [0.15, 0.2) is 53.4 Å². The third-order valence-corrected chi connectivity index (χ3v) is 7.41. The van der Waals surface area contributed by atoms with Crippen molar-refractivity contribution >= 4 is 58.1 Å². The molecule has 0 bridgehead atoms. The number of esters is 1. The number of hydrogen-bond acceptors (Lipinski definition) is 7. The minimum atomic E-state index is -0.606. The molecule has 4 rings (SSSR count). The highest BCUT2D eigenvalue weighted by atomic mass is 35.5. The fraction of sp³-hybridized carbons (Fsp3) is 0.241. The number of benzene rings is 2. The third kappa shape index (κ3) is 6.24. The van der Waals surface area contributed by atoms with E-state index in [2.05, 4.69) is 5.32 Å². The number of anilines is 1. The highest BCUT2D eigenvalue weighted by Crippen LogP contribution is 2.34. The first-order chi connectivity index (χ1) is 19.1. The third-order valence-electron chi connectivity index (χ3n) is 6.17. The number of nitrogens with one attached hydrogen (secondary N) is 1. The van der Waals surface area contributed by atoms with E-state index in [1.165, 1.54) is 18.2 Å². The molecule has 3 aromatic rings. The van der Waals surface area contributed by atoms with Gasteiger partial charge in [-0.2, -0.15) is 0 Å². The molecule has 0 unspecified atom stereocenters. The van der Waals surface area contributed by atoms with E-state index in [1.807, 2.05) is 55.7 Å². The lowest BCUT2D eigenvalue weighted by Crippen LogP contribution is -2.36. The molecule has 0 saturated carbocycles. The van der Waals surface area contributed by atoms with Crippen molar-refractivity contribution in [3.05, 3.63) is 81.0 Å². The highest BCUT2D eigenvalue weighted by molar-refractivity contribution is 8.18. The minimum absolute atomic E-state index is 0.106. The molecule has 1 aromatic heterocycles. The van der Waals surface area contributed by atoms with E-state index >= 15 is 0 Å². The Morgan fingerprint density at radius 3 is 2.48 bits per heavy atom. The van der Waals surface area contributed by atoms with Gasteiger partial charge < -0.3 is 19.4 Å². The summed E-state index contributed by atoms with van der Waals surface area (Å²) in [6.07, 6.45) is 2.32. The minimum Gasteiger partial charge on any atom is -0.497 e. The summed E-state index contributed by atoms with van der Waals surface area (Å²) in [6.45, 7) is 5.51. The molecule has 1 fully saturated rings. The van der Waals surface area contributed by atoms with Crippen LogP contribution in [-0.4, -0.2) is 52.8 Å². The Labute approximate surface area is 241 Å². The molecule has 40 heavy (non-hydrogen) atoms. The van der Waals surface area contributed by atoms with Gasteiger partial charge in [-0.05, 0) is 92.2 Å². The maximum Gasteiger partial charge on any atom is 0.339 e. The van der Waals surface area contributed by atoms with Crippen LogP contribution in [0.25, 0.3) is 11.8 Å². The lowest BCUT2D eigenvalue weighted by molar-refractivity contribution is -0.127. The molecule has 0 atom stereocenters. The number of nitrogens with zero attached hydrogens (tertiary/aromatic N) is 2. The first-order valence-corrected chi connectivity index (χ1v) is 13.7. The van der Waals surface area contributed by atoms with E-state index in [9.17, 15) is 19.2 Å². The van der Waals surface area contributed by atoms with E-state index in [4.69, 9.17) is 21.1 Å². The van der Waals surface area contributed by atoms with Crippen molar-refractivity contribution in [1.29, 1.82) is 0 Å². The molecule has 9 nitrogen and oxygen atoms in total. The van der Waals surface area contributed by atoms with Crippen LogP contribution in [0.1, 0.15) is 40.7 Å².